The summed E-state index contributed by atoms with van der Waals surface area (Å²) in [4.78, 5) is 4.40. The summed E-state index contributed by atoms with van der Waals surface area (Å²) >= 11 is 30.1. The zero-order valence-corrected chi connectivity index (χ0v) is 15.2. The van der Waals surface area contributed by atoms with Crippen LogP contribution in [0.15, 0.2) is 48.5 Å². The van der Waals surface area contributed by atoms with E-state index in [1.165, 1.54) is 0 Å². The number of halogens is 5. The zero-order valence-electron chi connectivity index (χ0n) is 11.5. The van der Waals surface area contributed by atoms with E-state index in [-0.39, 0.29) is 0 Å². The molecule has 0 bridgehead atoms. The van der Waals surface area contributed by atoms with Crippen molar-refractivity contribution in [3.05, 3.63) is 64.3 Å². The Bertz CT molecular complexity index is 874. The third kappa shape index (κ3) is 3.78. The van der Waals surface area contributed by atoms with E-state index in [1.807, 2.05) is 24.3 Å². The summed E-state index contributed by atoms with van der Waals surface area (Å²) in [5, 5.41) is 5.19. The monoisotopic (exact) mass is 404 g/mol. The largest absolute Gasteiger partial charge is 0.354 e. The van der Waals surface area contributed by atoms with Gasteiger partial charge in [0, 0.05) is 16.1 Å². The van der Waals surface area contributed by atoms with Crippen LogP contribution < -0.4 is 5.32 Å². The number of nitrogens with one attached hydrogen (secondary N) is 1. The Hall–Kier alpha value is -0.900. The van der Waals surface area contributed by atoms with Crippen LogP contribution in [0.25, 0.3) is 10.9 Å². The van der Waals surface area contributed by atoms with Crippen LogP contribution in [0.4, 0.5) is 11.4 Å². The van der Waals surface area contributed by atoms with Gasteiger partial charge in [-0.15, -0.1) is 0 Å². The van der Waals surface area contributed by atoms with Gasteiger partial charge in [-0.3, -0.25) is 0 Å². The third-order valence-corrected chi connectivity index (χ3v) is 4.34. The number of para-hydroxylation sites is 1. The van der Waals surface area contributed by atoms with Crippen molar-refractivity contribution in [1.82, 2.24) is 4.98 Å². The van der Waals surface area contributed by atoms with Crippen LogP contribution in [0.2, 0.25) is 10.0 Å². The van der Waals surface area contributed by atoms with Gasteiger partial charge in [-0.1, -0.05) is 76.2 Å². The number of alkyl halides is 3. The van der Waals surface area contributed by atoms with Crippen molar-refractivity contribution < 1.29 is 0 Å². The fraction of sp³-hybridized carbons (Fsp3) is 0.0625. The van der Waals surface area contributed by atoms with Gasteiger partial charge in [0.25, 0.3) is 0 Å². The first-order valence-electron chi connectivity index (χ1n) is 6.53. The maximum absolute atomic E-state index is 6.22. The van der Waals surface area contributed by atoms with Gasteiger partial charge in [-0.25, -0.2) is 4.98 Å². The van der Waals surface area contributed by atoms with E-state index in [4.69, 9.17) is 58.0 Å². The van der Waals surface area contributed by atoms with Crippen molar-refractivity contribution in [2.75, 3.05) is 5.32 Å². The van der Waals surface area contributed by atoms with Crippen LogP contribution in [0.3, 0.4) is 0 Å². The number of benzene rings is 2. The first kappa shape index (κ1) is 16.9. The molecular weight excluding hydrogens is 397 g/mol. The van der Waals surface area contributed by atoms with Crippen LogP contribution >= 0.6 is 58.0 Å². The summed E-state index contributed by atoms with van der Waals surface area (Å²) in [5.74, 6) is 0. The quantitative estimate of drug-likeness (QED) is 0.459. The molecule has 1 aromatic heterocycles. The molecule has 118 valence electrons. The molecule has 0 unspecified atom stereocenters. The fourth-order valence-corrected chi connectivity index (χ4v) is 2.91. The lowest BCUT2D eigenvalue weighted by molar-refractivity contribution is 1.12. The summed E-state index contributed by atoms with van der Waals surface area (Å²) in [6.45, 7) is 0. The molecule has 0 aliphatic heterocycles. The van der Waals surface area contributed by atoms with E-state index < -0.39 is 3.79 Å². The van der Waals surface area contributed by atoms with E-state index >= 15 is 0 Å². The second kappa shape index (κ2) is 6.54. The zero-order chi connectivity index (χ0) is 16.6. The number of anilines is 2. The van der Waals surface area contributed by atoms with Gasteiger partial charge in [0.05, 0.1) is 21.9 Å². The van der Waals surface area contributed by atoms with Gasteiger partial charge in [0.1, 0.15) is 0 Å². The molecule has 0 aliphatic carbocycles. The van der Waals surface area contributed by atoms with Crippen LogP contribution in [0, 0.1) is 0 Å². The maximum atomic E-state index is 6.22. The fourth-order valence-electron chi connectivity index (χ4n) is 2.16. The first-order chi connectivity index (χ1) is 10.8. The van der Waals surface area contributed by atoms with Crippen LogP contribution in [-0.4, -0.2) is 4.98 Å². The highest BCUT2D eigenvalue weighted by Gasteiger charge is 2.26. The average molecular weight is 407 g/mol. The first-order valence-corrected chi connectivity index (χ1v) is 8.42. The van der Waals surface area contributed by atoms with Crippen LogP contribution in [-0.2, 0) is 3.79 Å². The van der Waals surface area contributed by atoms with Crippen molar-refractivity contribution in [2.24, 2.45) is 0 Å². The lowest BCUT2D eigenvalue weighted by atomic mass is 10.1. The third-order valence-electron chi connectivity index (χ3n) is 3.21. The van der Waals surface area contributed by atoms with Crippen molar-refractivity contribution >= 4 is 80.3 Å². The highest BCUT2D eigenvalue weighted by atomic mass is 35.6. The molecule has 0 fully saturated rings. The molecular formula is C16H9Cl5N2. The maximum Gasteiger partial charge on any atom is 0.232 e. The predicted molar refractivity (Wildman–Crippen MR) is 101 cm³/mol. The highest BCUT2D eigenvalue weighted by molar-refractivity contribution is 6.66. The summed E-state index contributed by atoms with van der Waals surface area (Å²) in [6.07, 6.45) is 0. The minimum Gasteiger partial charge on any atom is -0.354 e. The molecule has 2 nitrogen and oxygen atoms in total. The molecule has 1 heterocycles. The number of fused-ring (bicyclic) bond motifs is 1. The SMILES string of the molecule is Clc1ccc(Nc2cc(C(Cl)(Cl)Cl)nc3ccccc23)c(Cl)c1. The highest BCUT2D eigenvalue weighted by Crippen LogP contribution is 2.40. The van der Waals surface area contributed by atoms with E-state index in [0.29, 0.717) is 26.9 Å². The van der Waals surface area contributed by atoms with Gasteiger partial charge in [-0.2, -0.15) is 0 Å². The van der Waals surface area contributed by atoms with Gasteiger partial charge in [0.2, 0.25) is 3.79 Å². The molecule has 0 radical (unpaired) electrons. The minimum atomic E-state index is -1.62. The number of hydrogen-bond donors (Lipinski definition) is 1. The van der Waals surface area contributed by atoms with E-state index in [9.17, 15) is 0 Å². The average Bonchev–Trinajstić information content (AvgIpc) is 2.49. The normalized spacial score (nSPS) is 11.7. The van der Waals surface area contributed by atoms with E-state index in [0.717, 1.165) is 11.1 Å². The summed E-state index contributed by atoms with van der Waals surface area (Å²) in [6, 6.07) is 14.4. The molecule has 0 saturated heterocycles. The Morgan fingerprint density at radius 1 is 0.870 bits per heavy atom. The van der Waals surface area contributed by atoms with Crippen molar-refractivity contribution in [3.63, 3.8) is 0 Å². The molecule has 2 aromatic carbocycles. The molecule has 0 spiro atoms. The Morgan fingerprint density at radius 3 is 2.30 bits per heavy atom. The number of aromatic nitrogens is 1. The topological polar surface area (TPSA) is 24.9 Å². The smallest absolute Gasteiger partial charge is 0.232 e. The molecule has 0 amide bonds. The lowest BCUT2D eigenvalue weighted by Crippen LogP contribution is -2.05. The lowest BCUT2D eigenvalue weighted by Gasteiger charge is -2.16. The van der Waals surface area contributed by atoms with Gasteiger partial charge in [-0.05, 0) is 30.3 Å². The van der Waals surface area contributed by atoms with Crippen LogP contribution in [0.1, 0.15) is 5.69 Å². The molecule has 0 aliphatic rings. The Balaban J connectivity index is 2.15. The molecule has 3 rings (SSSR count). The Morgan fingerprint density at radius 2 is 1.61 bits per heavy atom. The second-order valence-corrected chi connectivity index (χ2v) is 7.94. The summed E-state index contributed by atoms with van der Waals surface area (Å²) < 4.78 is -1.62. The second-order valence-electron chi connectivity index (χ2n) is 4.82. The van der Waals surface area contributed by atoms with Gasteiger partial charge in [0.15, 0.2) is 0 Å². The number of hydrogen-bond acceptors (Lipinski definition) is 2. The van der Waals surface area contributed by atoms with Crippen molar-refractivity contribution in [3.8, 4) is 0 Å². The Labute approximate surface area is 158 Å². The van der Waals surface area contributed by atoms with Gasteiger partial charge >= 0.3 is 0 Å². The number of nitrogens with zero attached hydrogens (tertiary/aromatic N) is 1. The Kier molecular flexibility index (Phi) is 4.82. The van der Waals surface area contributed by atoms with Crippen molar-refractivity contribution in [2.45, 2.75) is 3.79 Å². The molecule has 0 saturated carbocycles. The summed E-state index contributed by atoms with van der Waals surface area (Å²) in [7, 11) is 0. The number of pyridine rings is 1. The van der Waals surface area contributed by atoms with Crippen LogP contribution in [0.5, 0.6) is 0 Å². The minimum absolute atomic E-state index is 0.328. The standard InChI is InChI=1S/C16H9Cl5N2/c17-9-5-6-13(11(18)7-9)22-14-8-15(16(19,20)21)23-12-4-2-1-3-10(12)14/h1-8H,(H,22,23). The summed E-state index contributed by atoms with van der Waals surface area (Å²) in [5.41, 5.74) is 2.47. The van der Waals surface area contributed by atoms with E-state index in [1.54, 1.807) is 24.3 Å². The van der Waals surface area contributed by atoms with Gasteiger partial charge < -0.3 is 5.32 Å². The molecule has 1 N–H and O–H groups in total. The molecule has 0 atom stereocenters. The molecule has 7 heteroatoms. The number of rotatable bonds is 2. The van der Waals surface area contributed by atoms with E-state index in [2.05, 4.69) is 10.3 Å². The molecule has 23 heavy (non-hydrogen) atoms. The predicted octanol–water partition coefficient (Wildman–Crippen LogP) is 7.11. The van der Waals surface area contributed by atoms with Crippen molar-refractivity contribution in [1.29, 1.82) is 0 Å². The molecule has 3 aromatic rings.